The van der Waals surface area contributed by atoms with Crippen LogP contribution in [0.25, 0.3) is 0 Å². The molecule has 1 saturated heterocycles. The molecule has 5 heteroatoms. The quantitative estimate of drug-likeness (QED) is 0.676. The summed E-state index contributed by atoms with van der Waals surface area (Å²) in [6.07, 6.45) is 8.04. The third-order valence-corrected chi connectivity index (χ3v) is 6.47. The minimum atomic E-state index is 0.599. The van der Waals surface area contributed by atoms with E-state index in [1.54, 1.807) is 0 Å². The van der Waals surface area contributed by atoms with Crippen LogP contribution in [-0.4, -0.2) is 42.0 Å². The zero-order chi connectivity index (χ0) is 16.3. The molecule has 1 saturated carbocycles. The van der Waals surface area contributed by atoms with Crippen LogP contribution < -0.4 is 5.32 Å². The number of hydrogen-bond acceptors (Lipinski definition) is 3. The summed E-state index contributed by atoms with van der Waals surface area (Å²) in [5.41, 5.74) is 1.78. The second-order valence-electron chi connectivity index (χ2n) is 7.11. The Hall–Kier alpha value is -1.10. The smallest absolute Gasteiger partial charge is 0.193 e. The Morgan fingerprint density at radius 1 is 1.30 bits per heavy atom. The van der Waals surface area contributed by atoms with Gasteiger partial charge in [-0.25, -0.2) is 4.98 Å². The molecule has 1 aromatic rings. The van der Waals surface area contributed by atoms with E-state index in [0.29, 0.717) is 5.41 Å². The highest BCUT2D eigenvalue weighted by molar-refractivity contribution is 7.11. The predicted molar refractivity (Wildman–Crippen MR) is 98.4 cm³/mol. The van der Waals surface area contributed by atoms with Crippen molar-refractivity contribution < 1.29 is 0 Å². The van der Waals surface area contributed by atoms with E-state index in [4.69, 9.17) is 4.99 Å². The lowest BCUT2D eigenvalue weighted by atomic mass is 9.86. The van der Waals surface area contributed by atoms with Gasteiger partial charge in [0.2, 0.25) is 0 Å². The van der Waals surface area contributed by atoms with E-state index in [9.17, 15) is 0 Å². The Balaban J connectivity index is 1.60. The largest absolute Gasteiger partial charge is 0.357 e. The van der Waals surface area contributed by atoms with Crippen molar-refractivity contribution in [1.29, 1.82) is 0 Å². The maximum Gasteiger partial charge on any atom is 0.193 e. The third kappa shape index (κ3) is 3.87. The van der Waals surface area contributed by atoms with Crippen LogP contribution in [0.15, 0.2) is 4.99 Å². The Morgan fingerprint density at radius 3 is 2.74 bits per heavy atom. The van der Waals surface area contributed by atoms with Gasteiger partial charge in [-0.1, -0.05) is 12.8 Å². The van der Waals surface area contributed by atoms with Gasteiger partial charge in [-0.05, 0) is 45.4 Å². The fourth-order valence-electron chi connectivity index (χ4n) is 4.14. The number of likely N-dealkylation sites (tertiary alicyclic amines) is 1. The molecule has 1 aliphatic heterocycles. The maximum atomic E-state index is 4.91. The molecule has 2 heterocycles. The number of rotatable bonds is 4. The highest BCUT2D eigenvalue weighted by atomic mass is 32.1. The van der Waals surface area contributed by atoms with Crippen LogP contribution in [0.4, 0.5) is 0 Å². The van der Waals surface area contributed by atoms with E-state index in [2.05, 4.69) is 36.0 Å². The molecule has 4 nitrogen and oxygen atoms in total. The first-order valence-electron chi connectivity index (χ1n) is 9.08. The number of nitrogens with zero attached hydrogens (tertiary/aromatic N) is 3. The molecule has 2 fully saturated rings. The SMILES string of the molecule is CCNC(=NCCc1sc(C)nc1C)N1CCC2(CCCC2)C1. The molecule has 2 aliphatic rings. The van der Waals surface area contributed by atoms with Gasteiger partial charge < -0.3 is 10.2 Å². The van der Waals surface area contributed by atoms with E-state index in [1.807, 2.05) is 11.3 Å². The average Bonchev–Trinajstić information content (AvgIpc) is 3.22. The highest BCUT2D eigenvalue weighted by Crippen LogP contribution is 2.45. The van der Waals surface area contributed by atoms with Crippen molar-refractivity contribution in [1.82, 2.24) is 15.2 Å². The molecule has 0 atom stereocenters. The number of hydrogen-bond donors (Lipinski definition) is 1. The molecule has 128 valence electrons. The van der Waals surface area contributed by atoms with Gasteiger partial charge in [0.15, 0.2) is 5.96 Å². The van der Waals surface area contributed by atoms with Gasteiger partial charge in [0.05, 0.1) is 10.7 Å². The van der Waals surface area contributed by atoms with Crippen molar-refractivity contribution in [2.75, 3.05) is 26.2 Å². The molecule has 0 unspecified atom stereocenters. The molecule has 0 amide bonds. The number of aliphatic imine (C=N–C) groups is 1. The van der Waals surface area contributed by atoms with Crippen LogP contribution in [0.3, 0.4) is 0 Å². The van der Waals surface area contributed by atoms with Crippen LogP contribution in [0.1, 0.15) is 54.6 Å². The van der Waals surface area contributed by atoms with Crippen LogP contribution in [0, 0.1) is 19.3 Å². The zero-order valence-corrected chi connectivity index (χ0v) is 15.6. The average molecular weight is 335 g/mol. The summed E-state index contributed by atoms with van der Waals surface area (Å²) in [7, 11) is 0. The Morgan fingerprint density at radius 2 is 2.09 bits per heavy atom. The normalized spacial score (nSPS) is 20.7. The molecule has 1 aromatic heterocycles. The first-order chi connectivity index (χ1) is 11.1. The summed E-state index contributed by atoms with van der Waals surface area (Å²) in [6, 6.07) is 0. The minimum Gasteiger partial charge on any atom is -0.357 e. The van der Waals surface area contributed by atoms with E-state index < -0.39 is 0 Å². The van der Waals surface area contributed by atoms with Gasteiger partial charge in [-0.2, -0.15) is 0 Å². The van der Waals surface area contributed by atoms with E-state index in [0.717, 1.165) is 30.5 Å². The van der Waals surface area contributed by atoms with Gasteiger partial charge >= 0.3 is 0 Å². The first-order valence-corrected chi connectivity index (χ1v) is 9.90. The highest BCUT2D eigenvalue weighted by Gasteiger charge is 2.41. The maximum absolute atomic E-state index is 4.91. The first kappa shape index (κ1) is 16.7. The van der Waals surface area contributed by atoms with Crippen LogP contribution in [0.2, 0.25) is 0 Å². The number of guanidine groups is 1. The van der Waals surface area contributed by atoms with Gasteiger partial charge in [0.1, 0.15) is 0 Å². The molecular weight excluding hydrogens is 304 g/mol. The van der Waals surface area contributed by atoms with Crippen LogP contribution in [-0.2, 0) is 6.42 Å². The molecule has 0 radical (unpaired) electrons. The third-order valence-electron chi connectivity index (χ3n) is 5.34. The number of thiazole rings is 1. The minimum absolute atomic E-state index is 0.599. The van der Waals surface area contributed by atoms with Crippen molar-refractivity contribution in [3.8, 4) is 0 Å². The second-order valence-corrected chi connectivity index (χ2v) is 8.39. The lowest BCUT2D eigenvalue weighted by molar-refractivity contribution is 0.309. The monoisotopic (exact) mass is 334 g/mol. The van der Waals surface area contributed by atoms with Gasteiger partial charge in [0.25, 0.3) is 0 Å². The molecule has 1 N–H and O–H groups in total. The van der Waals surface area contributed by atoms with Gasteiger partial charge in [0, 0.05) is 37.5 Å². The Kier molecular flexibility index (Phi) is 5.24. The summed E-state index contributed by atoms with van der Waals surface area (Å²) < 4.78 is 0. The van der Waals surface area contributed by atoms with Gasteiger partial charge in [-0.3, -0.25) is 4.99 Å². The molecule has 0 bridgehead atoms. The predicted octanol–water partition coefficient (Wildman–Crippen LogP) is 3.53. The standard InChI is InChI=1S/C18H30N4S/c1-4-19-17(20-11-7-16-14(2)21-15(3)23-16)22-12-10-18(13-22)8-5-6-9-18/h4-13H2,1-3H3,(H,19,20). The van der Waals surface area contributed by atoms with E-state index >= 15 is 0 Å². The molecular formula is C18H30N4S. The van der Waals surface area contributed by atoms with Crippen molar-refractivity contribution in [3.63, 3.8) is 0 Å². The summed E-state index contributed by atoms with van der Waals surface area (Å²) in [6.45, 7) is 10.5. The van der Waals surface area contributed by atoms with Crippen molar-refractivity contribution >= 4 is 17.3 Å². The number of nitrogens with one attached hydrogen (secondary N) is 1. The zero-order valence-electron chi connectivity index (χ0n) is 14.8. The molecule has 1 spiro atoms. The Labute approximate surface area is 144 Å². The second kappa shape index (κ2) is 7.20. The number of aryl methyl sites for hydroxylation is 2. The summed E-state index contributed by atoms with van der Waals surface area (Å²) >= 11 is 1.81. The molecule has 3 rings (SSSR count). The lowest BCUT2D eigenvalue weighted by Gasteiger charge is -2.26. The summed E-state index contributed by atoms with van der Waals surface area (Å²) in [5.74, 6) is 1.12. The van der Waals surface area contributed by atoms with Crippen LogP contribution in [0.5, 0.6) is 0 Å². The molecule has 23 heavy (non-hydrogen) atoms. The van der Waals surface area contributed by atoms with E-state index in [1.165, 1.54) is 55.8 Å². The number of aromatic nitrogens is 1. The lowest BCUT2D eigenvalue weighted by Crippen LogP contribution is -2.41. The summed E-state index contributed by atoms with van der Waals surface area (Å²) in [5, 5.41) is 4.66. The van der Waals surface area contributed by atoms with Crippen molar-refractivity contribution in [2.24, 2.45) is 10.4 Å². The van der Waals surface area contributed by atoms with Crippen LogP contribution >= 0.6 is 11.3 Å². The fraction of sp³-hybridized carbons (Fsp3) is 0.778. The molecule has 1 aliphatic carbocycles. The van der Waals surface area contributed by atoms with Gasteiger partial charge in [-0.15, -0.1) is 11.3 Å². The Bertz CT molecular complexity index is 557. The van der Waals surface area contributed by atoms with Crippen molar-refractivity contribution in [2.45, 2.75) is 59.3 Å². The summed E-state index contributed by atoms with van der Waals surface area (Å²) in [4.78, 5) is 13.3. The van der Waals surface area contributed by atoms with Crippen molar-refractivity contribution in [3.05, 3.63) is 15.6 Å². The molecule has 0 aromatic carbocycles. The topological polar surface area (TPSA) is 40.5 Å². The van der Waals surface area contributed by atoms with E-state index in [-0.39, 0.29) is 0 Å². The fourth-order valence-corrected chi connectivity index (χ4v) is 5.07.